The van der Waals surface area contributed by atoms with E-state index < -0.39 is 11.7 Å². The normalized spacial score (nSPS) is 11.6. The summed E-state index contributed by atoms with van der Waals surface area (Å²) in [5.41, 5.74) is 5.55. The molecule has 1 aromatic heterocycles. The van der Waals surface area contributed by atoms with Gasteiger partial charge in [0.25, 0.3) is 0 Å². The van der Waals surface area contributed by atoms with Crippen LogP contribution in [0.25, 0.3) is 0 Å². The molecule has 2 rings (SSSR count). The fourth-order valence-electron chi connectivity index (χ4n) is 1.50. The van der Waals surface area contributed by atoms with E-state index in [1.807, 2.05) is 0 Å². The fourth-order valence-corrected chi connectivity index (χ4v) is 1.50. The van der Waals surface area contributed by atoms with Crippen LogP contribution in [0.4, 0.5) is 13.2 Å². The average molecular weight is 271 g/mol. The Bertz CT molecular complexity index is 532. The van der Waals surface area contributed by atoms with Crippen LogP contribution in [-0.2, 0) is 19.3 Å². The van der Waals surface area contributed by atoms with Gasteiger partial charge in [0.1, 0.15) is 18.1 Å². The van der Waals surface area contributed by atoms with E-state index in [2.05, 4.69) is 0 Å². The Morgan fingerprint density at radius 1 is 1.16 bits per heavy atom. The maximum atomic E-state index is 12.3. The molecule has 0 aliphatic carbocycles. The van der Waals surface area contributed by atoms with Crippen LogP contribution in [0.1, 0.15) is 16.9 Å². The molecule has 0 aliphatic rings. The topological polar surface area (TPSA) is 48.4 Å². The molecule has 6 heteroatoms. The van der Waals surface area contributed by atoms with Gasteiger partial charge < -0.3 is 14.9 Å². The van der Waals surface area contributed by atoms with Crippen molar-refractivity contribution in [1.29, 1.82) is 0 Å². The monoisotopic (exact) mass is 271 g/mol. The van der Waals surface area contributed by atoms with Gasteiger partial charge in [0.15, 0.2) is 0 Å². The predicted octanol–water partition coefficient (Wildman–Crippen LogP) is 3.34. The first kappa shape index (κ1) is 13.5. The summed E-state index contributed by atoms with van der Waals surface area (Å²) >= 11 is 0. The quantitative estimate of drug-likeness (QED) is 0.927. The van der Waals surface area contributed by atoms with Crippen LogP contribution in [0, 0.1) is 0 Å². The Labute approximate surface area is 107 Å². The van der Waals surface area contributed by atoms with Crippen molar-refractivity contribution in [2.75, 3.05) is 0 Å². The molecule has 0 aliphatic heterocycles. The van der Waals surface area contributed by atoms with Crippen molar-refractivity contribution in [3.8, 4) is 5.75 Å². The van der Waals surface area contributed by atoms with Crippen LogP contribution >= 0.6 is 0 Å². The number of furan rings is 1. The first-order chi connectivity index (χ1) is 8.99. The average Bonchev–Trinajstić information content (AvgIpc) is 2.84. The summed E-state index contributed by atoms with van der Waals surface area (Å²) in [7, 11) is 0. The molecule has 2 aromatic rings. The summed E-state index contributed by atoms with van der Waals surface area (Å²) in [5.74, 6) is 0.916. The highest BCUT2D eigenvalue weighted by Gasteiger charge is 2.29. The van der Waals surface area contributed by atoms with Crippen LogP contribution < -0.4 is 10.5 Å². The highest BCUT2D eigenvalue weighted by atomic mass is 19.4. The summed E-state index contributed by atoms with van der Waals surface area (Å²) in [6, 6.07) is 6.24. The molecule has 19 heavy (non-hydrogen) atoms. The molecular formula is C13H12F3NO2. The molecule has 0 amide bonds. The van der Waals surface area contributed by atoms with Gasteiger partial charge in [-0.2, -0.15) is 13.2 Å². The molecule has 0 unspecified atom stereocenters. The van der Waals surface area contributed by atoms with Crippen molar-refractivity contribution in [2.45, 2.75) is 19.3 Å². The minimum Gasteiger partial charge on any atom is -0.486 e. The number of nitrogens with two attached hydrogens (primary N) is 1. The molecule has 0 spiro atoms. The van der Waals surface area contributed by atoms with Crippen molar-refractivity contribution in [1.82, 2.24) is 0 Å². The van der Waals surface area contributed by atoms with Crippen molar-refractivity contribution >= 4 is 0 Å². The maximum absolute atomic E-state index is 12.3. The van der Waals surface area contributed by atoms with Crippen molar-refractivity contribution < 1.29 is 22.3 Å². The number of benzene rings is 1. The molecule has 0 fully saturated rings. The summed E-state index contributed by atoms with van der Waals surface area (Å²) in [4.78, 5) is 0. The molecule has 0 saturated carbocycles. The molecule has 0 radical (unpaired) electrons. The minimum absolute atomic E-state index is 0.144. The Hall–Kier alpha value is -1.95. The third kappa shape index (κ3) is 3.51. The van der Waals surface area contributed by atoms with Gasteiger partial charge >= 0.3 is 6.18 Å². The molecular weight excluding hydrogens is 259 g/mol. The van der Waals surface area contributed by atoms with Gasteiger partial charge in [0, 0.05) is 12.1 Å². The van der Waals surface area contributed by atoms with E-state index in [0.717, 1.165) is 17.7 Å². The number of halogens is 3. The number of hydrogen-bond acceptors (Lipinski definition) is 3. The SMILES string of the molecule is NCc1coc(COc2ccc(C(F)(F)F)cc2)c1. The van der Waals surface area contributed by atoms with Gasteiger partial charge in [-0.1, -0.05) is 0 Å². The summed E-state index contributed by atoms with van der Waals surface area (Å²) in [6.07, 6.45) is -2.82. The molecule has 1 heterocycles. The number of hydrogen-bond donors (Lipinski definition) is 1. The Morgan fingerprint density at radius 2 is 1.84 bits per heavy atom. The summed E-state index contributed by atoms with van der Waals surface area (Å²) in [6.45, 7) is 0.509. The minimum atomic E-state index is -4.34. The first-order valence-corrected chi connectivity index (χ1v) is 5.55. The standard InChI is InChI=1S/C13H12F3NO2/c14-13(15,16)10-1-3-11(4-2-10)19-8-12-5-9(6-17)7-18-12/h1-5,7H,6,8,17H2. The second kappa shape index (κ2) is 5.36. The van der Waals surface area contributed by atoms with Gasteiger partial charge in [-0.05, 0) is 30.3 Å². The van der Waals surface area contributed by atoms with Crippen LogP contribution in [0.3, 0.4) is 0 Å². The van der Waals surface area contributed by atoms with Crippen LogP contribution in [-0.4, -0.2) is 0 Å². The Kier molecular flexibility index (Phi) is 3.80. The number of ether oxygens (including phenoxy) is 1. The molecule has 2 N–H and O–H groups in total. The van der Waals surface area contributed by atoms with Gasteiger partial charge in [-0.15, -0.1) is 0 Å². The zero-order chi connectivity index (χ0) is 13.9. The lowest BCUT2D eigenvalue weighted by Gasteiger charge is -2.08. The second-order valence-corrected chi connectivity index (χ2v) is 3.94. The van der Waals surface area contributed by atoms with Crippen molar-refractivity contribution in [3.05, 3.63) is 53.5 Å². The lowest BCUT2D eigenvalue weighted by atomic mass is 10.2. The zero-order valence-electron chi connectivity index (χ0n) is 9.91. The molecule has 0 atom stereocenters. The van der Waals surface area contributed by atoms with E-state index in [4.69, 9.17) is 14.9 Å². The third-order valence-corrected chi connectivity index (χ3v) is 2.51. The van der Waals surface area contributed by atoms with Crippen LogP contribution in [0.2, 0.25) is 0 Å². The zero-order valence-corrected chi connectivity index (χ0v) is 9.91. The Balaban J connectivity index is 1.96. The fraction of sp³-hybridized carbons (Fsp3) is 0.231. The highest BCUT2D eigenvalue weighted by Crippen LogP contribution is 2.30. The number of alkyl halides is 3. The van der Waals surface area contributed by atoms with Gasteiger partial charge in [0.2, 0.25) is 0 Å². The largest absolute Gasteiger partial charge is 0.486 e. The third-order valence-electron chi connectivity index (χ3n) is 2.51. The molecule has 102 valence electrons. The van der Waals surface area contributed by atoms with E-state index in [-0.39, 0.29) is 6.61 Å². The van der Waals surface area contributed by atoms with Gasteiger partial charge in [0.05, 0.1) is 11.8 Å². The molecule has 0 saturated heterocycles. The van der Waals surface area contributed by atoms with E-state index in [9.17, 15) is 13.2 Å². The lowest BCUT2D eigenvalue weighted by molar-refractivity contribution is -0.137. The summed E-state index contributed by atoms with van der Waals surface area (Å²) < 4.78 is 47.5. The first-order valence-electron chi connectivity index (χ1n) is 5.55. The van der Waals surface area contributed by atoms with Gasteiger partial charge in [-0.25, -0.2) is 0 Å². The lowest BCUT2D eigenvalue weighted by Crippen LogP contribution is -2.04. The van der Waals surface area contributed by atoms with Gasteiger partial charge in [-0.3, -0.25) is 0 Å². The van der Waals surface area contributed by atoms with Crippen LogP contribution in [0.15, 0.2) is 41.0 Å². The van der Waals surface area contributed by atoms with Crippen LogP contribution in [0.5, 0.6) is 5.75 Å². The Morgan fingerprint density at radius 3 is 2.37 bits per heavy atom. The molecule has 1 aromatic carbocycles. The maximum Gasteiger partial charge on any atom is 0.416 e. The molecule has 3 nitrogen and oxygen atoms in total. The van der Waals surface area contributed by atoms with Crippen molar-refractivity contribution in [2.24, 2.45) is 5.73 Å². The smallest absolute Gasteiger partial charge is 0.416 e. The second-order valence-electron chi connectivity index (χ2n) is 3.94. The van der Waals surface area contributed by atoms with E-state index in [1.165, 1.54) is 18.4 Å². The predicted molar refractivity (Wildman–Crippen MR) is 62.4 cm³/mol. The summed E-state index contributed by atoms with van der Waals surface area (Å²) in [5, 5.41) is 0. The van der Waals surface area contributed by atoms with E-state index in [0.29, 0.717) is 18.1 Å². The van der Waals surface area contributed by atoms with E-state index >= 15 is 0 Å². The highest BCUT2D eigenvalue weighted by molar-refractivity contribution is 5.29. The van der Waals surface area contributed by atoms with Crippen molar-refractivity contribution in [3.63, 3.8) is 0 Å². The number of rotatable bonds is 4. The van der Waals surface area contributed by atoms with E-state index in [1.54, 1.807) is 6.07 Å². The molecule has 0 bridgehead atoms.